The van der Waals surface area contributed by atoms with Crippen molar-refractivity contribution in [1.82, 2.24) is 0 Å². The fourth-order valence-electron chi connectivity index (χ4n) is 1.46. The van der Waals surface area contributed by atoms with Gasteiger partial charge in [-0.15, -0.1) is 11.8 Å². The van der Waals surface area contributed by atoms with Crippen molar-refractivity contribution in [3.05, 3.63) is 21.7 Å². The van der Waals surface area contributed by atoms with Gasteiger partial charge >= 0.3 is 0 Å². The average molecular weight is 217 g/mol. The van der Waals surface area contributed by atoms with E-state index in [-0.39, 0.29) is 0 Å². The van der Waals surface area contributed by atoms with Gasteiger partial charge in [-0.05, 0) is 32.6 Å². The van der Waals surface area contributed by atoms with Crippen molar-refractivity contribution in [2.45, 2.75) is 25.7 Å². The van der Waals surface area contributed by atoms with Gasteiger partial charge < -0.3 is 5.11 Å². The van der Waals surface area contributed by atoms with Crippen LogP contribution in [0.1, 0.15) is 16.7 Å². The second kappa shape index (κ2) is 3.81. The van der Waals surface area contributed by atoms with E-state index in [1.54, 1.807) is 11.8 Å². The van der Waals surface area contributed by atoms with Gasteiger partial charge in [-0.2, -0.15) is 0 Å². The molecule has 0 spiro atoms. The highest BCUT2D eigenvalue weighted by atomic mass is 35.5. The molecule has 0 aliphatic heterocycles. The zero-order chi connectivity index (χ0) is 10.2. The van der Waals surface area contributed by atoms with Gasteiger partial charge in [0, 0.05) is 16.0 Å². The molecule has 0 heterocycles. The van der Waals surface area contributed by atoms with E-state index in [1.165, 1.54) is 0 Å². The Balaban J connectivity index is 3.56. The Labute approximate surface area is 88.1 Å². The van der Waals surface area contributed by atoms with Crippen molar-refractivity contribution in [3.63, 3.8) is 0 Å². The summed E-state index contributed by atoms with van der Waals surface area (Å²) >= 11 is 7.68. The number of hydrogen-bond donors (Lipinski definition) is 1. The summed E-state index contributed by atoms with van der Waals surface area (Å²) in [5.74, 6) is 0.319. The average Bonchev–Trinajstić information content (AvgIpc) is 2.13. The Morgan fingerprint density at radius 2 is 1.62 bits per heavy atom. The SMILES string of the molecule is CSc1c(C)c(O)c(C)c(Cl)c1C. The lowest BCUT2D eigenvalue weighted by Gasteiger charge is -2.13. The molecule has 0 aliphatic rings. The smallest absolute Gasteiger partial charge is 0.124 e. The fraction of sp³-hybridized carbons (Fsp3) is 0.400. The molecule has 3 heteroatoms. The molecule has 72 valence electrons. The van der Waals surface area contributed by atoms with Crippen molar-refractivity contribution in [2.24, 2.45) is 0 Å². The fourth-order valence-corrected chi connectivity index (χ4v) is 2.51. The van der Waals surface area contributed by atoms with E-state index in [9.17, 15) is 5.11 Å². The van der Waals surface area contributed by atoms with Crippen LogP contribution in [0.2, 0.25) is 5.02 Å². The molecule has 0 aromatic heterocycles. The summed E-state index contributed by atoms with van der Waals surface area (Å²) < 4.78 is 0. The van der Waals surface area contributed by atoms with E-state index >= 15 is 0 Å². The summed E-state index contributed by atoms with van der Waals surface area (Å²) in [6, 6.07) is 0. The number of hydrogen-bond acceptors (Lipinski definition) is 2. The second-order valence-corrected chi connectivity index (χ2v) is 4.27. The van der Waals surface area contributed by atoms with Gasteiger partial charge in [-0.3, -0.25) is 0 Å². The minimum absolute atomic E-state index is 0.319. The van der Waals surface area contributed by atoms with Crippen LogP contribution < -0.4 is 0 Å². The molecule has 1 nitrogen and oxygen atoms in total. The zero-order valence-corrected chi connectivity index (χ0v) is 9.81. The topological polar surface area (TPSA) is 20.2 Å². The van der Waals surface area contributed by atoms with E-state index in [4.69, 9.17) is 11.6 Å². The highest BCUT2D eigenvalue weighted by Crippen LogP contribution is 2.38. The molecule has 0 aliphatic carbocycles. The van der Waals surface area contributed by atoms with E-state index in [1.807, 2.05) is 27.0 Å². The lowest BCUT2D eigenvalue weighted by Crippen LogP contribution is -1.91. The molecular formula is C10H13ClOS. The van der Waals surface area contributed by atoms with Crippen LogP contribution in [0.3, 0.4) is 0 Å². The highest BCUT2D eigenvalue weighted by molar-refractivity contribution is 7.98. The molecule has 0 fully saturated rings. The monoisotopic (exact) mass is 216 g/mol. The van der Waals surface area contributed by atoms with Gasteiger partial charge in [-0.25, -0.2) is 0 Å². The van der Waals surface area contributed by atoms with Crippen molar-refractivity contribution in [3.8, 4) is 5.75 Å². The Morgan fingerprint density at radius 1 is 1.08 bits per heavy atom. The number of rotatable bonds is 1. The molecule has 1 aromatic carbocycles. The van der Waals surface area contributed by atoms with Crippen LogP contribution in [0.25, 0.3) is 0 Å². The van der Waals surface area contributed by atoms with Crippen LogP contribution >= 0.6 is 23.4 Å². The number of phenols is 1. The summed E-state index contributed by atoms with van der Waals surface area (Å²) in [6.45, 7) is 5.73. The van der Waals surface area contributed by atoms with Crippen LogP contribution in [-0.4, -0.2) is 11.4 Å². The summed E-state index contributed by atoms with van der Waals surface area (Å²) in [7, 11) is 0. The molecule has 0 radical (unpaired) electrons. The molecule has 0 unspecified atom stereocenters. The highest BCUT2D eigenvalue weighted by Gasteiger charge is 2.14. The normalized spacial score (nSPS) is 10.5. The van der Waals surface area contributed by atoms with Gasteiger partial charge in [-0.1, -0.05) is 11.6 Å². The molecule has 0 bridgehead atoms. The van der Waals surface area contributed by atoms with Gasteiger partial charge in [0.1, 0.15) is 5.75 Å². The summed E-state index contributed by atoms with van der Waals surface area (Å²) in [4.78, 5) is 1.08. The van der Waals surface area contributed by atoms with Gasteiger partial charge in [0.25, 0.3) is 0 Å². The lowest BCUT2D eigenvalue weighted by atomic mass is 10.1. The maximum Gasteiger partial charge on any atom is 0.124 e. The number of phenolic OH excluding ortho intramolecular Hbond substituents is 1. The predicted molar refractivity (Wildman–Crippen MR) is 59.1 cm³/mol. The summed E-state index contributed by atoms with van der Waals surface area (Å²) in [5, 5.41) is 10.4. The van der Waals surface area contributed by atoms with Crippen molar-refractivity contribution in [1.29, 1.82) is 0 Å². The van der Waals surface area contributed by atoms with Crippen LogP contribution in [0.4, 0.5) is 0 Å². The minimum atomic E-state index is 0.319. The Bertz CT molecular complexity index is 318. The first kappa shape index (κ1) is 10.7. The zero-order valence-electron chi connectivity index (χ0n) is 8.23. The Kier molecular flexibility index (Phi) is 3.14. The third kappa shape index (κ3) is 1.65. The number of aromatic hydroxyl groups is 1. The van der Waals surface area contributed by atoms with Gasteiger partial charge in [0.05, 0.1) is 5.02 Å². The standard InChI is InChI=1S/C10H13ClOS/c1-5-8(11)6(2)10(13-4)7(3)9(5)12/h12H,1-4H3. The Hall–Kier alpha value is -0.340. The first-order valence-corrected chi connectivity index (χ1v) is 5.63. The molecule has 1 N–H and O–H groups in total. The Morgan fingerprint density at radius 3 is 2.08 bits per heavy atom. The maximum atomic E-state index is 9.73. The van der Waals surface area contributed by atoms with Crippen LogP contribution in [0.5, 0.6) is 5.75 Å². The third-order valence-electron chi connectivity index (χ3n) is 2.25. The molecule has 1 rings (SSSR count). The maximum absolute atomic E-state index is 9.73. The third-order valence-corrected chi connectivity index (χ3v) is 3.84. The first-order chi connectivity index (χ1) is 6.00. The number of thioether (sulfide) groups is 1. The van der Waals surface area contributed by atoms with E-state index in [0.29, 0.717) is 10.8 Å². The quantitative estimate of drug-likeness (QED) is 0.723. The first-order valence-electron chi connectivity index (χ1n) is 4.02. The molecule has 0 amide bonds. The minimum Gasteiger partial charge on any atom is -0.507 e. The van der Waals surface area contributed by atoms with E-state index < -0.39 is 0 Å². The molecule has 13 heavy (non-hydrogen) atoms. The predicted octanol–water partition coefficient (Wildman–Crippen LogP) is 3.69. The number of halogens is 1. The molecule has 0 saturated heterocycles. The van der Waals surface area contributed by atoms with Crippen molar-refractivity contribution >= 4 is 23.4 Å². The van der Waals surface area contributed by atoms with Crippen molar-refractivity contribution in [2.75, 3.05) is 6.26 Å². The molecule has 0 saturated carbocycles. The van der Waals surface area contributed by atoms with Crippen molar-refractivity contribution < 1.29 is 5.11 Å². The van der Waals surface area contributed by atoms with Gasteiger partial charge in [0.15, 0.2) is 0 Å². The second-order valence-electron chi connectivity index (χ2n) is 3.07. The molecular weight excluding hydrogens is 204 g/mol. The van der Waals surface area contributed by atoms with E-state index in [2.05, 4.69) is 0 Å². The number of benzene rings is 1. The molecule has 1 aromatic rings. The molecule has 0 atom stereocenters. The van der Waals surface area contributed by atoms with E-state index in [0.717, 1.165) is 21.6 Å². The van der Waals surface area contributed by atoms with Crippen LogP contribution in [0.15, 0.2) is 4.90 Å². The lowest BCUT2D eigenvalue weighted by molar-refractivity contribution is 0.464. The van der Waals surface area contributed by atoms with Gasteiger partial charge in [0.2, 0.25) is 0 Å². The van der Waals surface area contributed by atoms with Crippen LogP contribution in [0, 0.1) is 20.8 Å². The van der Waals surface area contributed by atoms with Crippen LogP contribution in [-0.2, 0) is 0 Å². The largest absolute Gasteiger partial charge is 0.507 e. The summed E-state index contributed by atoms with van der Waals surface area (Å²) in [5.41, 5.74) is 2.75. The summed E-state index contributed by atoms with van der Waals surface area (Å²) in [6.07, 6.45) is 1.99.